The van der Waals surface area contributed by atoms with Crippen LogP contribution in [0.15, 0.2) is 0 Å². The van der Waals surface area contributed by atoms with Crippen molar-refractivity contribution in [1.29, 1.82) is 0 Å². The van der Waals surface area contributed by atoms with Crippen LogP contribution >= 0.6 is 0 Å². The third kappa shape index (κ3) is 3.68. The number of hydrogen-bond acceptors (Lipinski definition) is 3. The van der Waals surface area contributed by atoms with Gasteiger partial charge < -0.3 is 15.5 Å². The molecule has 4 heteroatoms. The summed E-state index contributed by atoms with van der Waals surface area (Å²) in [5.41, 5.74) is 5.35. The second-order valence-corrected chi connectivity index (χ2v) is 5.72. The van der Waals surface area contributed by atoms with Crippen molar-refractivity contribution in [3.05, 3.63) is 0 Å². The van der Waals surface area contributed by atoms with Crippen LogP contribution in [0.25, 0.3) is 0 Å². The Morgan fingerprint density at radius 3 is 2.24 bits per heavy atom. The van der Waals surface area contributed by atoms with Gasteiger partial charge in [-0.1, -0.05) is 0 Å². The molecular formula is C13H25N3O. The van der Waals surface area contributed by atoms with Gasteiger partial charge >= 0.3 is 0 Å². The standard InChI is InChI=1S/C13H25N3O/c1-15-6-2-11(3-7-15)10-16-8-4-12(5-9-16)13(14)17/h11-12H,2-10H2,1H3,(H2,14,17). The van der Waals surface area contributed by atoms with E-state index in [1.54, 1.807) is 0 Å². The van der Waals surface area contributed by atoms with E-state index in [4.69, 9.17) is 5.73 Å². The highest BCUT2D eigenvalue weighted by molar-refractivity contribution is 5.76. The molecular weight excluding hydrogens is 214 g/mol. The third-order valence-electron chi connectivity index (χ3n) is 4.34. The van der Waals surface area contributed by atoms with Gasteiger partial charge in [0.15, 0.2) is 0 Å². The lowest BCUT2D eigenvalue weighted by Gasteiger charge is -2.36. The number of carbonyl (C=O) groups is 1. The van der Waals surface area contributed by atoms with E-state index in [1.807, 2.05) is 0 Å². The second-order valence-electron chi connectivity index (χ2n) is 5.72. The Kier molecular flexibility index (Phi) is 4.40. The summed E-state index contributed by atoms with van der Waals surface area (Å²) in [6, 6.07) is 0. The SMILES string of the molecule is CN1CCC(CN2CCC(C(N)=O)CC2)CC1. The summed E-state index contributed by atoms with van der Waals surface area (Å²) >= 11 is 0. The smallest absolute Gasteiger partial charge is 0.220 e. The second kappa shape index (κ2) is 5.83. The molecule has 1 amide bonds. The van der Waals surface area contributed by atoms with E-state index >= 15 is 0 Å². The Balaban J connectivity index is 1.69. The van der Waals surface area contributed by atoms with E-state index in [2.05, 4.69) is 16.8 Å². The molecule has 17 heavy (non-hydrogen) atoms. The predicted octanol–water partition coefficient (Wildman–Crippen LogP) is 0.526. The number of primary amides is 1. The molecule has 98 valence electrons. The first-order valence-corrected chi connectivity index (χ1v) is 6.85. The average molecular weight is 239 g/mol. The van der Waals surface area contributed by atoms with Crippen LogP contribution in [-0.2, 0) is 4.79 Å². The van der Waals surface area contributed by atoms with Crippen LogP contribution in [0, 0.1) is 11.8 Å². The van der Waals surface area contributed by atoms with Crippen molar-refractivity contribution >= 4 is 5.91 Å². The monoisotopic (exact) mass is 239 g/mol. The minimum absolute atomic E-state index is 0.107. The van der Waals surface area contributed by atoms with E-state index in [1.165, 1.54) is 32.5 Å². The van der Waals surface area contributed by atoms with Gasteiger partial charge in [-0.05, 0) is 64.8 Å². The van der Waals surface area contributed by atoms with Gasteiger partial charge in [0.25, 0.3) is 0 Å². The zero-order chi connectivity index (χ0) is 12.3. The van der Waals surface area contributed by atoms with Crippen LogP contribution in [0.1, 0.15) is 25.7 Å². The Bertz CT molecular complexity index is 253. The van der Waals surface area contributed by atoms with E-state index in [0.717, 1.165) is 31.8 Å². The van der Waals surface area contributed by atoms with Crippen LogP contribution in [0.4, 0.5) is 0 Å². The molecule has 0 aromatic carbocycles. The highest BCUT2D eigenvalue weighted by Crippen LogP contribution is 2.21. The zero-order valence-electron chi connectivity index (χ0n) is 10.9. The van der Waals surface area contributed by atoms with Crippen molar-refractivity contribution in [2.75, 3.05) is 39.8 Å². The van der Waals surface area contributed by atoms with Gasteiger partial charge in [0.05, 0.1) is 0 Å². The first-order valence-electron chi connectivity index (χ1n) is 6.85. The first kappa shape index (κ1) is 12.8. The van der Waals surface area contributed by atoms with Crippen LogP contribution in [0.5, 0.6) is 0 Å². The summed E-state index contributed by atoms with van der Waals surface area (Å²) in [7, 11) is 2.20. The van der Waals surface area contributed by atoms with E-state index in [9.17, 15) is 4.79 Å². The number of hydrogen-bond donors (Lipinski definition) is 1. The highest BCUT2D eigenvalue weighted by atomic mass is 16.1. The molecule has 0 aromatic rings. The topological polar surface area (TPSA) is 49.6 Å². The van der Waals surface area contributed by atoms with Gasteiger partial charge in [-0.15, -0.1) is 0 Å². The molecule has 0 unspecified atom stereocenters. The molecule has 0 aliphatic carbocycles. The fraction of sp³-hybridized carbons (Fsp3) is 0.923. The lowest BCUT2D eigenvalue weighted by Crippen LogP contribution is -2.42. The van der Waals surface area contributed by atoms with Crippen molar-refractivity contribution in [2.24, 2.45) is 17.6 Å². The summed E-state index contributed by atoms with van der Waals surface area (Å²) in [5, 5.41) is 0. The minimum atomic E-state index is -0.107. The predicted molar refractivity (Wildman–Crippen MR) is 68.6 cm³/mol. The number of nitrogens with two attached hydrogens (primary N) is 1. The number of carbonyl (C=O) groups excluding carboxylic acids is 1. The van der Waals surface area contributed by atoms with Crippen LogP contribution in [-0.4, -0.2) is 55.5 Å². The number of likely N-dealkylation sites (tertiary alicyclic amines) is 2. The molecule has 0 radical (unpaired) electrons. The molecule has 4 nitrogen and oxygen atoms in total. The van der Waals surface area contributed by atoms with Gasteiger partial charge in [-0.2, -0.15) is 0 Å². The Morgan fingerprint density at radius 1 is 1.12 bits per heavy atom. The molecule has 0 spiro atoms. The number of nitrogens with zero attached hydrogens (tertiary/aromatic N) is 2. The number of piperidine rings is 2. The van der Waals surface area contributed by atoms with Gasteiger partial charge in [0.2, 0.25) is 5.91 Å². The molecule has 2 aliphatic rings. The number of rotatable bonds is 3. The first-order chi connectivity index (χ1) is 8.15. The fourth-order valence-corrected chi connectivity index (χ4v) is 3.01. The maximum Gasteiger partial charge on any atom is 0.220 e. The van der Waals surface area contributed by atoms with Crippen molar-refractivity contribution < 1.29 is 4.79 Å². The molecule has 2 aliphatic heterocycles. The van der Waals surface area contributed by atoms with Crippen molar-refractivity contribution in [1.82, 2.24) is 9.80 Å². The molecule has 2 N–H and O–H groups in total. The zero-order valence-corrected chi connectivity index (χ0v) is 10.9. The molecule has 2 rings (SSSR count). The molecule has 0 saturated carbocycles. The van der Waals surface area contributed by atoms with Gasteiger partial charge in [-0.25, -0.2) is 0 Å². The molecule has 2 heterocycles. The van der Waals surface area contributed by atoms with Crippen molar-refractivity contribution in [2.45, 2.75) is 25.7 Å². The lowest BCUT2D eigenvalue weighted by atomic mass is 9.92. The maximum absolute atomic E-state index is 11.1. The summed E-state index contributed by atoms with van der Waals surface area (Å²) in [4.78, 5) is 16.0. The molecule has 0 aromatic heterocycles. The quantitative estimate of drug-likeness (QED) is 0.781. The van der Waals surface area contributed by atoms with E-state index in [-0.39, 0.29) is 11.8 Å². The van der Waals surface area contributed by atoms with Crippen LogP contribution < -0.4 is 5.73 Å². The summed E-state index contributed by atoms with van der Waals surface area (Å²) in [6.45, 7) is 5.81. The maximum atomic E-state index is 11.1. The van der Waals surface area contributed by atoms with Crippen LogP contribution in [0.3, 0.4) is 0 Å². The van der Waals surface area contributed by atoms with Crippen molar-refractivity contribution in [3.8, 4) is 0 Å². The van der Waals surface area contributed by atoms with Crippen molar-refractivity contribution in [3.63, 3.8) is 0 Å². The number of amides is 1. The van der Waals surface area contributed by atoms with E-state index < -0.39 is 0 Å². The summed E-state index contributed by atoms with van der Waals surface area (Å²) < 4.78 is 0. The molecule has 2 saturated heterocycles. The third-order valence-corrected chi connectivity index (χ3v) is 4.34. The van der Waals surface area contributed by atoms with Gasteiger partial charge in [0, 0.05) is 12.5 Å². The minimum Gasteiger partial charge on any atom is -0.369 e. The Labute approximate surface area is 104 Å². The molecule has 2 fully saturated rings. The Morgan fingerprint density at radius 2 is 1.71 bits per heavy atom. The summed E-state index contributed by atoms with van der Waals surface area (Å²) in [6.07, 6.45) is 4.57. The fourth-order valence-electron chi connectivity index (χ4n) is 3.01. The average Bonchev–Trinajstić information content (AvgIpc) is 2.33. The van der Waals surface area contributed by atoms with Crippen LogP contribution in [0.2, 0.25) is 0 Å². The van der Waals surface area contributed by atoms with Gasteiger partial charge in [0.1, 0.15) is 0 Å². The normalized spacial score (nSPS) is 26.2. The Hall–Kier alpha value is -0.610. The highest BCUT2D eigenvalue weighted by Gasteiger charge is 2.25. The largest absolute Gasteiger partial charge is 0.369 e. The molecule has 0 bridgehead atoms. The van der Waals surface area contributed by atoms with Gasteiger partial charge in [-0.3, -0.25) is 4.79 Å². The summed E-state index contributed by atoms with van der Waals surface area (Å²) in [5.74, 6) is 0.879. The molecule has 0 atom stereocenters. The van der Waals surface area contributed by atoms with E-state index in [0.29, 0.717) is 0 Å². The lowest BCUT2D eigenvalue weighted by molar-refractivity contribution is -0.123.